The van der Waals surface area contributed by atoms with Crippen molar-refractivity contribution in [2.24, 2.45) is 0 Å². The smallest absolute Gasteiger partial charge is 0.164 e. The second-order valence-electron chi connectivity index (χ2n) is 5.21. The van der Waals surface area contributed by atoms with E-state index in [1.54, 1.807) is 7.11 Å². The molecule has 5 nitrogen and oxygen atoms in total. The van der Waals surface area contributed by atoms with Gasteiger partial charge in [0.05, 0.1) is 13.2 Å². The van der Waals surface area contributed by atoms with E-state index in [9.17, 15) is 0 Å². The Morgan fingerprint density at radius 1 is 1.15 bits per heavy atom. The molecule has 0 aromatic carbocycles. The molecule has 0 saturated carbocycles. The fraction of sp³-hybridized carbons (Fsp3) is 0.867. The Labute approximate surface area is 123 Å². The first-order valence-corrected chi connectivity index (χ1v) is 7.94. The van der Waals surface area contributed by atoms with Crippen LogP contribution in [0.4, 0.5) is 0 Å². The lowest BCUT2D eigenvalue weighted by Crippen LogP contribution is -2.19. The van der Waals surface area contributed by atoms with Crippen molar-refractivity contribution in [3.05, 3.63) is 12.2 Å². The molecule has 20 heavy (non-hydrogen) atoms. The molecule has 0 aliphatic rings. The number of aromatic nitrogens is 3. The number of methoxy groups -OCH3 is 1. The molecule has 0 spiro atoms. The van der Waals surface area contributed by atoms with Crippen molar-refractivity contribution in [2.75, 3.05) is 20.3 Å². The van der Waals surface area contributed by atoms with Gasteiger partial charge in [-0.05, 0) is 6.42 Å². The third-order valence-electron chi connectivity index (χ3n) is 3.34. The average molecular weight is 282 g/mol. The molecule has 0 aliphatic carbocycles. The van der Waals surface area contributed by atoms with Crippen molar-refractivity contribution < 1.29 is 4.74 Å². The SMILES string of the molecule is CCCCCCCCCn1cnc(CNCCOC)n1. The number of nitrogens with one attached hydrogen (secondary N) is 1. The number of hydrogen-bond acceptors (Lipinski definition) is 4. The number of unbranched alkanes of at least 4 members (excludes halogenated alkanes) is 6. The summed E-state index contributed by atoms with van der Waals surface area (Å²) in [5.74, 6) is 0.865. The predicted molar refractivity (Wildman–Crippen MR) is 81.6 cm³/mol. The number of ether oxygens (including phenoxy) is 1. The maximum absolute atomic E-state index is 4.98. The first-order chi connectivity index (χ1) is 9.86. The molecule has 0 atom stereocenters. The van der Waals surface area contributed by atoms with E-state index in [1.807, 2.05) is 11.0 Å². The highest BCUT2D eigenvalue weighted by molar-refractivity contribution is 4.80. The van der Waals surface area contributed by atoms with Crippen molar-refractivity contribution in [1.82, 2.24) is 20.1 Å². The first kappa shape index (κ1) is 17.1. The minimum Gasteiger partial charge on any atom is -0.383 e. The Hall–Kier alpha value is -0.940. The third-order valence-corrected chi connectivity index (χ3v) is 3.34. The van der Waals surface area contributed by atoms with Gasteiger partial charge in [0.15, 0.2) is 5.82 Å². The van der Waals surface area contributed by atoms with Gasteiger partial charge in [0.25, 0.3) is 0 Å². The van der Waals surface area contributed by atoms with Crippen molar-refractivity contribution in [3.8, 4) is 0 Å². The Morgan fingerprint density at radius 3 is 2.65 bits per heavy atom. The lowest BCUT2D eigenvalue weighted by atomic mass is 10.1. The molecule has 1 aromatic heterocycles. The average Bonchev–Trinajstić information content (AvgIpc) is 2.90. The summed E-state index contributed by atoms with van der Waals surface area (Å²) in [6.45, 7) is 5.51. The first-order valence-electron chi connectivity index (χ1n) is 7.94. The highest BCUT2D eigenvalue weighted by atomic mass is 16.5. The van der Waals surface area contributed by atoms with Crippen LogP contribution in [0.1, 0.15) is 57.7 Å². The summed E-state index contributed by atoms with van der Waals surface area (Å²) >= 11 is 0. The van der Waals surface area contributed by atoms with Crippen molar-refractivity contribution >= 4 is 0 Å². The third kappa shape index (κ3) is 8.27. The van der Waals surface area contributed by atoms with E-state index in [1.165, 1.54) is 44.9 Å². The highest BCUT2D eigenvalue weighted by Gasteiger charge is 2.00. The predicted octanol–water partition coefficient (Wildman–Crippen LogP) is 2.76. The summed E-state index contributed by atoms with van der Waals surface area (Å²) in [6, 6.07) is 0. The number of rotatable bonds is 13. The molecule has 116 valence electrons. The van der Waals surface area contributed by atoms with E-state index >= 15 is 0 Å². The fourth-order valence-electron chi connectivity index (χ4n) is 2.13. The van der Waals surface area contributed by atoms with Crippen LogP contribution in [0.3, 0.4) is 0 Å². The van der Waals surface area contributed by atoms with E-state index in [0.29, 0.717) is 6.54 Å². The second kappa shape index (κ2) is 11.9. The van der Waals surface area contributed by atoms with Gasteiger partial charge in [-0.15, -0.1) is 0 Å². The van der Waals surface area contributed by atoms with Gasteiger partial charge in [0.1, 0.15) is 6.33 Å². The van der Waals surface area contributed by atoms with E-state index in [2.05, 4.69) is 22.3 Å². The van der Waals surface area contributed by atoms with Gasteiger partial charge in [-0.3, -0.25) is 4.68 Å². The lowest BCUT2D eigenvalue weighted by Gasteiger charge is -2.02. The fourth-order valence-corrected chi connectivity index (χ4v) is 2.13. The largest absolute Gasteiger partial charge is 0.383 e. The molecule has 0 saturated heterocycles. The maximum atomic E-state index is 4.98. The molecule has 0 amide bonds. The summed E-state index contributed by atoms with van der Waals surface area (Å²) in [4.78, 5) is 4.30. The standard InChI is InChI=1S/C15H30N4O/c1-3-4-5-6-7-8-9-11-19-14-17-15(18-19)13-16-10-12-20-2/h14,16H,3-13H2,1-2H3. The topological polar surface area (TPSA) is 52.0 Å². The molecule has 1 rings (SSSR count). The summed E-state index contributed by atoms with van der Waals surface area (Å²) in [7, 11) is 1.71. The minimum absolute atomic E-state index is 0.716. The van der Waals surface area contributed by atoms with Crippen molar-refractivity contribution in [1.29, 1.82) is 0 Å². The second-order valence-corrected chi connectivity index (χ2v) is 5.21. The van der Waals surface area contributed by atoms with Crippen LogP contribution in [-0.4, -0.2) is 35.0 Å². The monoisotopic (exact) mass is 282 g/mol. The maximum Gasteiger partial charge on any atom is 0.164 e. The molecule has 0 bridgehead atoms. The Morgan fingerprint density at radius 2 is 1.90 bits per heavy atom. The molecular weight excluding hydrogens is 252 g/mol. The summed E-state index contributed by atoms with van der Waals surface area (Å²) in [6.07, 6.45) is 11.1. The van der Waals surface area contributed by atoms with Gasteiger partial charge in [-0.1, -0.05) is 45.4 Å². The quantitative estimate of drug-likeness (QED) is 0.565. The molecule has 1 heterocycles. The van der Waals surface area contributed by atoms with Crippen LogP contribution in [0, 0.1) is 0 Å². The zero-order valence-corrected chi connectivity index (χ0v) is 13.1. The normalized spacial score (nSPS) is 11.1. The summed E-state index contributed by atoms with van der Waals surface area (Å²) in [5.41, 5.74) is 0. The van der Waals surface area contributed by atoms with Crippen LogP contribution in [0.5, 0.6) is 0 Å². The summed E-state index contributed by atoms with van der Waals surface area (Å²) in [5, 5.41) is 7.71. The number of aryl methyl sites for hydroxylation is 1. The number of nitrogens with zero attached hydrogens (tertiary/aromatic N) is 3. The molecule has 0 unspecified atom stereocenters. The van der Waals surface area contributed by atoms with Crippen LogP contribution < -0.4 is 5.32 Å². The molecule has 1 N–H and O–H groups in total. The van der Waals surface area contributed by atoms with Crippen LogP contribution in [0.25, 0.3) is 0 Å². The van der Waals surface area contributed by atoms with E-state index < -0.39 is 0 Å². The Balaban J connectivity index is 2.02. The zero-order valence-electron chi connectivity index (χ0n) is 13.1. The highest BCUT2D eigenvalue weighted by Crippen LogP contribution is 2.07. The Kier molecular flexibility index (Phi) is 10.1. The van der Waals surface area contributed by atoms with Crippen molar-refractivity contribution in [3.63, 3.8) is 0 Å². The van der Waals surface area contributed by atoms with Crippen LogP contribution >= 0.6 is 0 Å². The van der Waals surface area contributed by atoms with Crippen molar-refractivity contribution in [2.45, 2.75) is 65.0 Å². The van der Waals surface area contributed by atoms with Gasteiger partial charge in [0.2, 0.25) is 0 Å². The lowest BCUT2D eigenvalue weighted by molar-refractivity contribution is 0.199. The van der Waals surface area contributed by atoms with Gasteiger partial charge in [0, 0.05) is 20.2 Å². The van der Waals surface area contributed by atoms with Crippen LogP contribution in [-0.2, 0) is 17.8 Å². The van der Waals surface area contributed by atoms with E-state index in [4.69, 9.17) is 4.74 Å². The molecule has 1 aromatic rings. The van der Waals surface area contributed by atoms with Gasteiger partial charge in [-0.25, -0.2) is 4.98 Å². The minimum atomic E-state index is 0.716. The molecule has 0 fully saturated rings. The van der Waals surface area contributed by atoms with Gasteiger partial charge in [-0.2, -0.15) is 5.10 Å². The number of hydrogen-bond donors (Lipinski definition) is 1. The van der Waals surface area contributed by atoms with Gasteiger partial charge >= 0.3 is 0 Å². The summed E-state index contributed by atoms with van der Waals surface area (Å²) < 4.78 is 6.93. The molecular formula is C15H30N4O. The van der Waals surface area contributed by atoms with E-state index in [0.717, 1.165) is 25.5 Å². The van der Waals surface area contributed by atoms with Crippen LogP contribution in [0.15, 0.2) is 6.33 Å². The van der Waals surface area contributed by atoms with E-state index in [-0.39, 0.29) is 0 Å². The van der Waals surface area contributed by atoms with Gasteiger partial charge < -0.3 is 10.1 Å². The molecule has 0 aliphatic heterocycles. The Bertz CT molecular complexity index is 327. The molecule has 0 radical (unpaired) electrons. The zero-order chi connectivity index (χ0) is 14.5. The molecule has 5 heteroatoms. The van der Waals surface area contributed by atoms with Crippen LogP contribution in [0.2, 0.25) is 0 Å².